The Hall–Kier alpha value is -3.79. The maximum Gasteiger partial charge on any atom is 0.300 e. The first-order chi connectivity index (χ1) is 18.3. The molecule has 1 N–H and O–H groups in total. The largest absolute Gasteiger partial charge is 0.423 e. The smallest absolute Gasteiger partial charge is 0.300 e. The van der Waals surface area contributed by atoms with Gasteiger partial charge in [0.25, 0.3) is 6.01 Å². The molecule has 1 aliphatic heterocycles. The minimum absolute atomic E-state index is 0.0142. The highest BCUT2D eigenvalue weighted by molar-refractivity contribution is 5.89. The summed E-state index contributed by atoms with van der Waals surface area (Å²) in [6.07, 6.45) is -0.431. The average molecular weight is 524 g/mol. The van der Waals surface area contributed by atoms with Crippen LogP contribution in [-0.4, -0.2) is 89.8 Å². The molecule has 1 saturated heterocycles. The summed E-state index contributed by atoms with van der Waals surface area (Å²) in [4.78, 5) is 46.4. The topological polar surface area (TPSA) is 99.0 Å². The molecular formula is C28H34FN5O4. The molecule has 1 fully saturated rings. The van der Waals surface area contributed by atoms with E-state index in [1.54, 1.807) is 25.2 Å². The van der Waals surface area contributed by atoms with Gasteiger partial charge in [0.2, 0.25) is 11.8 Å². The first kappa shape index (κ1) is 27.3. The molecule has 9 nitrogen and oxygen atoms in total. The number of hydrogen-bond acceptors (Lipinski definition) is 7. The first-order valence-corrected chi connectivity index (χ1v) is 12.9. The van der Waals surface area contributed by atoms with Crippen molar-refractivity contribution in [3.05, 3.63) is 53.6 Å². The number of para-hydroxylation sites is 1. The lowest BCUT2D eigenvalue weighted by Gasteiger charge is -2.29. The fraction of sp³-hybridized carbons (Fsp3) is 0.429. The van der Waals surface area contributed by atoms with Crippen LogP contribution in [0, 0.1) is 6.92 Å². The van der Waals surface area contributed by atoms with Gasteiger partial charge in [0.1, 0.15) is 24.0 Å². The molecule has 3 aromatic rings. The molecule has 10 heteroatoms. The molecule has 0 bridgehead atoms. The second kappa shape index (κ2) is 12.2. The van der Waals surface area contributed by atoms with E-state index in [0.717, 1.165) is 17.5 Å². The van der Waals surface area contributed by atoms with E-state index < -0.39 is 12.2 Å². The Bertz CT molecular complexity index is 1300. The van der Waals surface area contributed by atoms with Crippen molar-refractivity contribution in [2.24, 2.45) is 0 Å². The first-order valence-electron chi connectivity index (χ1n) is 12.9. The van der Waals surface area contributed by atoms with Gasteiger partial charge in [0, 0.05) is 32.2 Å². The van der Waals surface area contributed by atoms with Gasteiger partial charge in [-0.3, -0.25) is 14.5 Å². The summed E-state index contributed by atoms with van der Waals surface area (Å²) in [6, 6.07) is 12.6. The molecule has 0 radical (unpaired) electrons. The number of carbonyl (C=O) groups is 3. The molecule has 202 valence electrons. The number of likely N-dealkylation sites (tertiary alicyclic amines) is 1. The predicted molar refractivity (Wildman–Crippen MR) is 143 cm³/mol. The molecule has 1 aliphatic rings. The molecular weight excluding hydrogens is 489 g/mol. The lowest BCUT2D eigenvalue weighted by Crippen LogP contribution is -2.48. The number of aldehydes is 1. The van der Waals surface area contributed by atoms with Crippen LogP contribution in [0.15, 0.2) is 46.9 Å². The van der Waals surface area contributed by atoms with Crippen LogP contribution >= 0.6 is 0 Å². The third kappa shape index (κ3) is 6.36. The summed E-state index contributed by atoms with van der Waals surface area (Å²) >= 11 is 0. The molecule has 0 aliphatic carbocycles. The number of fused-ring (bicyclic) bond motifs is 1. The number of nitrogens with zero attached hydrogens (tertiary/aromatic N) is 4. The van der Waals surface area contributed by atoms with E-state index in [1.165, 1.54) is 9.80 Å². The molecule has 4 rings (SSSR count). The lowest BCUT2D eigenvalue weighted by molar-refractivity contribution is -0.142. The molecule has 2 aromatic carbocycles. The highest BCUT2D eigenvalue weighted by atomic mass is 19.1. The Morgan fingerprint density at radius 1 is 1.24 bits per heavy atom. The lowest BCUT2D eigenvalue weighted by atomic mass is 10.1. The number of benzene rings is 2. The fourth-order valence-electron chi connectivity index (χ4n) is 4.67. The van der Waals surface area contributed by atoms with Gasteiger partial charge in [0.15, 0.2) is 5.58 Å². The van der Waals surface area contributed by atoms with E-state index in [2.05, 4.69) is 10.3 Å². The number of carbonyl (C=O) groups excluding carboxylic acids is 3. The number of hydrogen-bond donors (Lipinski definition) is 1. The van der Waals surface area contributed by atoms with Crippen LogP contribution in [0.2, 0.25) is 0 Å². The highest BCUT2D eigenvalue weighted by Crippen LogP contribution is 2.26. The Balaban J connectivity index is 1.41. The van der Waals surface area contributed by atoms with Gasteiger partial charge in [-0.25, -0.2) is 4.39 Å². The standard InChI is InChI=1S/C28H34FN5O4/c1-4-33(13-14-35)12-11-32(3)27(37)24-17-21(29)18-34(24)26(36)16-20-9-10-23-25(15-20)38-28(31-23)30-22-8-6-5-7-19(22)2/h5-10,14-15,21,24H,4,11-13,16-18H2,1-3H3,(H,30,31)/t21-,24?/m0/s1. The van der Waals surface area contributed by atoms with Crippen LogP contribution in [0.4, 0.5) is 16.1 Å². The van der Waals surface area contributed by atoms with Gasteiger partial charge in [0.05, 0.1) is 19.5 Å². The number of likely N-dealkylation sites (N-methyl/N-ethyl adjacent to an activating group) is 2. The third-order valence-electron chi connectivity index (χ3n) is 6.96. The van der Waals surface area contributed by atoms with Crippen molar-refractivity contribution in [2.45, 2.75) is 38.9 Å². The maximum absolute atomic E-state index is 14.4. The quantitative estimate of drug-likeness (QED) is 0.385. The molecule has 1 unspecified atom stereocenters. The van der Waals surface area contributed by atoms with Gasteiger partial charge in [-0.05, 0) is 42.8 Å². The predicted octanol–water partition coefficient (Wildman–Crippen LogP) is 3.34. The van der Waals surface area contributed by atoms with Gasteiger partial charge >= 0.3 is 0 Å². The van der Waals surface area contributed by atoms with Crippen LogP contribution in [-0.2, 0) is 20.8 Å². The highest BCUT2D eigenvalue weighted by Gasteiger charge is 2.40. The summed E-state index contributed by atoms with van der Waals surface area (Å²) in [5.74, 6) is -0.608. The van der Waals surface area contributed by atoms with Crippen molar-refractivity contribution in [2.75, 3.05) is 45.1 Å². The van der Waals surface area contributed by atoms with Crippen molar-refractivity contribution in [1.82, 2.24) is 19.7 Å². The molecule has 0 spiro atoms. The molecule has 2 atom stereocenters. The Kier molecular flexibility index (Phi) is 8.73. The van der Waals surface area contributed by atoms with Crippen LogP contribution in [0.25, 0.3) is 11.1 Å². The number of aryl methyl sites for hydroxylation is 1. The fourth-order valence-corrected chi connectivity index (χ4v) is 4.67. The molecule has 2 amide bonds. The van der Waals surface area contributed by atoms with Crippen LogP contribution in [0.1, 0.15) is 24.5 Å². The third-order valence-corrected chi connectivity index (χ3v) is 6.96. The minimum atomic E-state index is -1.25. The van der Waals surface area contributed by atoms with Gasteiger partial charge in [-0.15, -0.1) is 0 Å². The molecule has 1 aromatic heterocycles. The monoisotopic (exact) mass is 523 g/mol. The number of rotatable bonds is 11. The number of aromatic nitrogens is 1. The molecule has 38 heavy (non-hydrogen) atoms. The van der Waals surface area contributed by atoms with E-state index in [4.69, 9.17) is 4.42 Å². The summed E-state index contributed by atoms with van der Waals surface area (Å²) in [7, 11) is 1.64. The normalized spacial score (nSPS) is 17.2. The summed E-state index contributed by atoms with van der Waals surface area (Å²) in [5, 5.41) is 3.17. The van der Waals surface area contributed by atoms with E-state index in [0.29, 0.717) is 42.3 Å². The Morgan fingerprint density at radius 3 is 2.76 bits per heavy atom. The van der Waals surface area contributed by atoms with Gasteiger partial charge in [-0.1, -0.05) is 31.2 Å². The zero-order valence-electron chi connectivity index (χ0n) is 22.0. The number of nitrogens with one attached hydrogen (secondary N) is 1. The second-order valence-electron chi connectivity index (χ2n) is 9.65. The zero-order chi connectivity index (χ0) is 27.2. The second-order valence-corrected chi connectivity index (χ2v) is 9.65. The van der Waals surface area contributed by atoms with E-state index in [9.17, 15) is 18.8 Å². The average Bonchev–Trinajstić information content (AvgIpc) is 3.49. The van der Waals surface area contributed by atoms with E-state index in [1.807, 2.05) is 43.0 Å². The van der Waals surface area contributed by atoms with Crippen LogP contribution in [0.3, 0.4) is 0 Å². The van der Waals surface area contributed by atoms with Gasteiger partial charge < -0.3 is 24.3 Å². The van der Waals surface area contributed by atoms with Crippen molar-refractivity contribution >= 4 is 40.9 Å². The van der Waals surface area contributed by atoms with Crippen molar-refractivity contribution in [1.29, 1.82) is 0 Å². The Labute approximate surface area is 221 Å². The molecule has 2 heterocycles. The van der Waals surface area contributed by atoms with Crippen LogP contribution < -0.4 is 5.32 Å². The number of oxazole rings is 1. The van der Waals surface area contributed by atoms with Gasteiger partial charge in [-0.2, -0.15) is 4.98 Å². The van der Waals surface area contributed by atoms with E-state index >= 15 is 0 Å². The van der Waals surface area contributed by atoms with Crippen molar-refractivity contribution in [3.8, 4) is 0 Å². The van der Waals surface area contributed by atoms with Crippen molar-refractivity contribution in [3.63, 3.8) is 0 Å². The van der Waals surface area contributed by atoms with E-state index in [-0.39, 0.29) is 37.7 Å². The van der Waals surface area contributed by atoms with Crippen molar-refractivity contribution < 1.29 is 23.2 Å². The number of amides is 2. The summed E-state index contributed by atoms with van der Waals surface area (Å²) < 4.78 is 20.3. The SMILES string of the molecule is CCN(CC=O)CCN(C)C(=O)C1C[C@H](F)CN1C(=O)Cc1ccc2nc(Nc3ccccc3C)oc2c1. The van der Waals surface area contributed by atoms with Crippen LogP contribution in [0.5, 0.6) is 0 Å². The number of anilines is 2. The summed E-state index contributed by atoms with van der Waals surface area (Å²) in [5.41, 5.74) is 3.80. The summed E-state index contributed by atoms with van der Waals surface area (Å²) in [6.45, 7) is 5.70. The molecule has 0 saturated carbocycles. The number of alkyl halides is 1. The Morgan fingerprint density at radius 2 is 2.03 bits per heavy atom. The minimum Gasteiger partial charge on any atom is -0.423 e. The maximum atomic E-state index is 14.4. The zero-order valence-corrected chi connectivity index (χ0v) is 22.0. The number of halogens is 1.